The van der Waals surface area contributed by atoms with Gasteiger partial charge in [-0.05, 0) is 41.7 Å². The van der Waals surface area contributed by atoms with Crippen LogP contribution in [0.5, 0.6) is 5.75 Å². The standard InChI is InChI=1S/C18H18N2O/c1-21-18-9-6-13(10-15(18)11-19)12-20-17-8-7-14-4-2-3-5-16(14)17/h2-6,9-10,17,20H,7-8,12H2,1H3. The predicted octanol–water partition coefficient (Wildman–Crippen LogP) is 3.34. The van der Waals surface area contributed by atoms with Gasteiger partial charge in [-0.1, -0.05) is 30.3 Å². The summed E-state index contributed by atoms with van der Waals surface area (Å²) in [6, 6.07) is 17.0. The molecule has 1 aliphatic rings. The van der Waals surface area contributed by atoms with E-state index in [1.54, 1.807) is 7.11 Å². The van der Waals surface area contributed by atoms with Crippen LogP contribution in [0.4, 0.5) is 0 Å². The van der Waals surface area contributed by atoms with Gasteiger partial charge >= 0.3 is 0 Å². The van der Waals surface area contributed by atoms with Crippen LogP contribution in [0.3, 0.4) is 0 Å². The highest BCUT2D eigenvalue weighted by Gasteiger charge is 2.21. The zero-order chi connectivity index (χ0) is 14.7. The van der Waals surface area contributed by atoms with E-state index in [0.29, 0.717) is 17.4 Å². The molecule has 2 aromatic rings. The number of hydrogen-bond acceptors (Lipinski definition) is 3. The highest BCUT2D eigenvalue weighted by Crippen LogP contribution is 2.31. The average Bonchev–Trinajstić information content (AvgIpc) is 2.96. The van der Waals surface area contributed by atoms with E-state index >= 15 is 0 Å². The van der Waals surface area contributed by atoms with Crippen LogP contribution in [0.1, 0.15) is 34.7 Å². The summed E-state index contributed by atoms with van der Waals surface area (Å²) < 4.78 is 5.17. The lowest BCUT2D eigenvalue weighted by Gasteiger charge is -2.14. The van der Waals surface area contributed by atoms with Gasteiger partial charge in [0.2, 0.25) is 0 Å². The summed E-state index contributed by atoms with van der Waals surface area (Å²) in [5.41, 5.74) is 4.55. The lowest BCUT2D eigenvalue weighted by atomic mass is 10.1. The molecule has 3 nitrogen and oxygen atoms in total. The van der Waals surface area contributed by atoms with E-state index in [1.807, 2.05) is 18.2 Å². The normalized spacial score (nSPS) is 16.3. The van der Waals surface area contributed by atoms with Gasteiger partial charge in [0.1, 0.15) is 11.8 Å². The second kappa shape index (κ2) is 5.99. The summed E-state index contributed by atoms with van der Waals surface area (Å²) in [7, 11) is 1.59. The molecule has 2 aromatic carbocycles. The summed E-state index contributed by atoms with van der Waals surface area (Å²) in [5, 5.41) is 12.7. The topological polar surface area (TPSA) is 45.0 Å². The Morgan fingerprint density at radius 3 is 2.95 bits per heavy atom. The van der Waals surface area contributed by atoms with E-state index in [4.69, 9.17) is 10.00 Å². The third kappa shape index (κ3) is 2.76. The molecule has 0 radical (unpaired) electrons. The Morgan fingerprint density at radius 2 is 2.14 bits per heavy atom. The zero-order valence-electron chi connectivity index (χ0n) is 12.1. The van der Waals surface area contributed by atoms with E-state index in [1.165, 1.54) is 11.1 Å². The quantitative estimate of drug-likeness (QED) is 0.933. The zero-order valence-corrected chi connectivity index (χ0v) is 12.1. The van der Waals surface area contributed by atoms with Gasteiger partial charge in [-0.2, -0.15) is 5.26 Å². The molecular formula is C18H18N2O. The fourth-order valence-corrected chi connectivity index (χ4v) is 2.96. The van der Waals surface area contributed by atoms with Gasteiger partial charge in [-0.15, -0.1) is 0 Å². The minimum atomic E-state index is 0.411. The summed E-state index contributed by atoms with van der Waals surface area (Å²) in [5.74, 6) is 0.632. The molecule has 1 unspecified atom stereocenters. The smallest absolute Gasteiger partial charge is 0.136 e. The number of benzene rings is 2. The molecule has 0 spiro atoms. The minimum Gasteiger partial charge on any atom is -0.495 e. The number of rotatable bonds is 4. The highest BCUT2D eigenvalue weighted by molar-refractivity contribution is 5.45. The number of nitrogens with one attached hydrogen (secondary N) is 1. The second-order valence-corrected chi connectivity index (χ2v) is 5.32. The molecule has 0 amide bonds. The maximum absolute atomic E-state index is 9.13. The molecule has 0 bridgehead atoms. The molecule has 3 heteroatoms. The number of nitriles is 1. The molecule has 0 aromatic heterocycles. The van der Waals surface area contributed by atoms with Crippen molar-refractivity contribution in [1.29, 1.82) is 5.26 Å². The second-order valence-electron chi connectivity index (χ2n) is 5.32. The monoisotopic (exact) mass is 278 g/mol. The summed E-state index contributed by atoms with van der Waals surface area (Å²) in [6.07, 6.45) is 2.28. The average molecular weight is 278 g/mol. The molecule has 1 atom stereocenters. The Balaban J connectivity index is 1.71. The molecule has 0 aliphatic heterocycles. The van der Waals surface area contributed by atoms with E-state index in [2.05, 4.69) is 35.7 Å². The lowest BCUT2D eigenvalue weighted by Crippen LogP contribution is -2.18. The molecule has 1 aliphatic carbocycles. The molecule has 1 N–H and O–H groups in total. The van der Waals surface area contributed by atoms with Crippen LogP contribution in [-0.2, 0) is 13.0 Å². The molecular weight excluding hydrogens is 260 g/mol. The molecule has 0 saturated heterocycles. The van der Waals surface area contributed by atoms with Crippen molar-refractivity contribution in [2.24, 2.45) is 0 Å². The number of aryl methyl sites for hydroxylation is 1. The SMILES string of the molecule is COc1ccc(CNC2CCc3ccccc32)cc1C#N. The largest absolute Gasteiger partial charge is 0.495 e. The van der Waals surface area contributed by atoms with Crippen LogP contribution < -0.4 is 10.1 Å². The van der Waals surface area contributed by atoms with Crippen LogP contribution in [0, 0.1) is 11.3 Å². The first kappa shape index (κ1) is 13.7. The number of fused-ring (bicyclic) bond motifs is 1. The Hall–Kier alpha value is -2.31. The van der Waals surface area contributed by atoms with Gasteiger partial charge < -0.3 is 10.1 Å². The van der Waals surface area contributed by atoms with Gasteiger partial charge in [0.15, 0.2) is 0 Å². The van der Waals surface area contributed by atoms with E-state index < -0.39 is 0 Å². The Labute approximate surface area is 125 Å². The summed E-state index contributed by atoms with van der Waals surface area (Å²) in [4.78, 5) is 0. The maximum Gasteiger partial charge on any atom is 0.136 e. The number of ether oxygens (including phenoxy) is 1. The van der Waals surface area contributed by atoms with E-state index in [9.17, 15) is 0 Å². The molecule has 21 heavy (non-hydrogen) atoms. The third-order valence-corrected chi connectivity index (χ3v) is 4.07. The number of hydrogen-bond donors (Lipinski definition) is 1. The summed E-state index contributed by atoms with van der Waals surface area (Å²) >= 11 is 0. The Bertz CT molecular complexity index is 688. The lowest BCUT2D eigenvalue weighted by molar-refractivity contribution is 0.413. The molecule has 0 fully saturated rings. The first-order valence-corrected chi connectivity index (χ1v) is 7.20. The van der Waals surface area contributed by atoms with Crippen molar-refractivity contribution >= 4 is 0 Å². The Kier molecular flexibility index (Phi) is 3.89. The van der Waals surface area contributed by atoms with Gasteiger partial charge in [0.05, 0.1) is 12.7 Å². The minimum absolute atomic E-state index is 0.411. The van der Waals surface area contributed by atoms with Crippen molar-refractivity contribution in [3.8, 4) is 11.8 Å². The van der Waals surface area contributed by atoms with Crippen LogP contribution >= 0.6 is 0 Å². The van der Waals surface area contributed by atoms with Crippen LogP contribution in [0.25, 0.3) is 0 Å². The Morgan fingerprint density at radius 1 is 1.29 bits per heavy atom. The molecule has 106 valence electrons. The van der Waals surface area contributed by atoms with Crippen LogP contribution in [-0.4, -0.2) is 7.11 Å². The summed E-state index contributed by atoms with van der Waals surface area (Å²) in [6.45, 7) is 0.762. The number of nitrogens with zero attached hydrogens (tertiary/aromatic N) is 1. The molecule has 3 rings (SSSR count). The first-order valence-electron chi connectivity index (χ1n) is 7.20. The fourth-order valence-electron chi connectivity index (χ4n) is 2.96. The van der Waals surface area contributed by atoms with Gasteiger partial charge in [-0.3, -0.25) is 0 Å². The van der Waals surface area contributed by atoms with Crippen molar-refractivity contribution in [1.82, 2.24) is 5.32 Å². The molecule has 0 heterocycles. The van der Waals surface area contributed by atoms with E-state index in [0.717, 1.165) is 24.9 Å². The van der Waals surface area contributed by atoms with Crippen LogP contribution in [0.2, 0.25) is 0 Å². The fraction of sp³-hybridized carbons (Fsp3) is 0.278. The van der Waals surface area contributed by atoms with Crippen molar-refractivity contribution < 1.29 is 4.74 Å². The first-order chi connectivity index (χ1) is 10.3. The number of methoxy groups -OCH3 is 1. The van der Waals surface area contributed by atoms with Crippen molar-refractivity contribution in [2.45, 2.75) is 25.4 Å². The highest BCUT2D eigenvalue weighted by atomic mass is 16.5. The molecule has 0 saturated carbocycles. The predicted molar refractivity (Wildman–Crippen MR) is 82.1 cm³/mol. The maximum atomic E-state index is 9.13. The van der Waals surface area contributed by atoms with E-state index in [-0.39, 0.29) is 0 Å². The third-order valence-electron chi connectivity index (χ3n) is 4.07. The van der Waals surface area contributed by atoms with Gasteiger partial charge in [0, 0.05) is 12.6 Å². The van der Waals surface area contributed by atoms with Crippen molar-refractivity contribution in [3.05, 3.63) is 64.7 Å². The van der Waals surface area contributed by atoms with Gasteiger partial charge in [-0.25, -0.2) is 0 Å². The van der Waals surface area contributed by atoms with Gasteiger partial charge in [0.25, 0.3) is 0 Å². The van der Waals surface area contributed by atoms with Crippen LogP contribution in [0.15, 0.2) is 42.5 Å². The van der Waals surface area contributed by atoms with Crippen molar-refractivity contribution in [2.75, 3.05) is 7.11 Å². The van der Waals surface area contributed by atoms with Crippen molar-refractivity contribution in [3.63, 3.8) is 0 Å².